The van der Waals surface area contributed by atoms with Gasteiger partial charge in [0.15, 0.2) is 23.5 Å². The summed E-state index contributed by atoms with van der Waals surface area (Å²) in [6.07, 6.45) is -0.872. The number of amides is 5. The highest BCUT2D eigenvalue weighted by molar-refractivity contribution is 6.13. The lowest BCUT2D eigenvalue weighted by molar-refractivity contribution is -0.203. The van der Waals surface area contributed by atoms with Crippen molar-refractivity contribution in [3.8, 4) is 11.5 Å². The van der Waals surface area contributed by atoms with Crippen LogP contribution < -0.4 is 20.7 Å². The topological polar surface area (TPSA) is 238 Å². The third kappa shape index (κ3) is 8.79. The van der Waals surface area contributed by atoms with E-state index in [4.69, 9.17) is 9.47 Å². The molecule has 1 heterocycles. The van der Waals surface area contributed by atoms with Crippen LogP contribution in [0.15, 0.2) is 84.5 Å². The average Bonchev–Trinajstić information content (AvgIpc) is 3.74. The van der Waals surface area contributed by atoms with Crippen molar-refractivity contribution in [2.24, 2.45) is 28.6 Å². The van der Waals surface area contributed by atoms with Crippen LogP contribution in [0.4, 0.5) is 14.5 Å². The number of nitrogens with one attached hydrogen (secondary N) is 3. The summed E-state index contributed by atoms with van der Waals surface area (Å²) >= 11 is 0. The molecule has 4 aliphatic carbocycles. The van der Waals surface area contributed by atoms with E-state index in [1.165, 1.54) is 51.1 Å². The molecule has 0 saturated heterocycles. The third-order valence-corrected chi connectivity index (χ3v) is 13.9. The van der Waals surface area contributed by atoms with Gasteiger partial charge in [0.2, 0.25) is 17.7 Å². The van der Waals surface area contributed by atoms with Gasteiger partial charge in [-0.25, -0.2) is 8.78 Å². The molecule has 0 radical (unpaired) electrons. The number of Topliss-reactive ketones (excluding diaryl/α,β-unsaturated/α-hetero) is 1. The van der Waals surface area contributed by atoms with Crippen LogP contribution in [0, 0.1) is 28.6 Å². The van der Waals surface area contributed by atoms with E-state index in [9.17, 15) is 48.9 Å². The van der Waals surface area contributed by atoms with E-state index >= 15 is 8.78 Å². The maximum atomic E-state index is 17.7. The van der Waals surface area contributed by atoms with Crippen molar-refractivity contribution < 1.29 is 67.1 Å². The van der Waals surface area contributed by atoms with E-state index < -0.39 is 119 Å². The minimum absolute atomic E-state index is 0.0290. The maximum absolute atomic E-state index is 17.7. The van der Waals surface area contributed by atoms with Crippen molar-refractivity contribution in [1.82, 2.24) is 15.5 Å². The van der Waals surface area contributed by atoms with E-state index in [2.05, 4.69) is 16.0 Å². The highest BCUT2D eigenvalue weighted by atomic mass is 19.1. The number of halogens is 2. The fourth-order valence-corrected chi connectivity index (χ4v) is 10.6. The van der Waals surface area contributed by atoms with Gasteiger partial charge in [0, 0.05) is 53.8 Å². The summed E-state index contributed by atoms with van der Waals surface area (Å²) in [5, 5.41) is 40.7. The Morgan fingerprint density at radius 3 is 2.26 bits per heavy atom. The Kier molecular flexibility index (Phi) is 13.1. The first-order valence-corrected chi connectivity index (χ1v) is 21.5. The van der Waals surface area contributed by atoms with Crippen molar-refractivity contribution >= 4 is 46.8 Å². The summed E-state index contributed by atoms with van der Waals surface area (Å²) in [6.45, 7) is 5.04. The molecule has 2 aromatic carbocycles. The SMILES string of the molecule is C[C@H](NC(=O)CCN1C(=O)C=CC1=O)C(=O)N[C@@H](C)C(=O)Nc1cccc(Oc2ccc([C@@H](O)O[C@@H]3CC4[C@@H]5C[C@H](F)C6=CC(=O)C=C[C@]6(C)[C@@]5(F)[C@@H](O)C[C@]4(C)[C@H]3C(=O)CO)cc2)c1. The normalized spacial score (nSPS) is 31.5. The van der Waals surface area contributed by atoms with Crippen molar-refractivity contribution in [2.45, 2.75) is 95.8 Å². The summed E-state index contributed by atoms with van der Waals surface area (Å²) in [4.78, 5) is 88.0. The van der Waals surface area contributed by atoms with Gasteiger partial charge < -0.3 is 40.7 Å². The number of carbonyl (C=O) groups is 7. The van der Waals surface area contributed by atoms with Crippen LogP contribution in [-0.2, 0) is 38.3 Å². The van der Waals surface area contributed by atoms with Crippen LogP contribution in [0.25, 0.3) is 0 Å². The van der Waals surface area contributed by atoms with Crippen LogP contribution in [0.1, 0.15) is 65.2 Å². The Labute approximate surface area is 373 Å². The third-order valence-electron chi connectivity index (χ3n) is 13.9. The van der Waals surface area contributed by atoms with Crippen molar-refractivity contribution in [3.63, 3.8) is 0 Å². The second-order valence-electron chi connectivity index (χ2n) is 17.9. The lowest BCUT2D eigenvalue weighted by atomic mass is 9.45. The number of hydrogen-bond donors (Lipinski definition) is 6. The fraction of sp³-hybridized carbons (Fsp3) is 0.468. The number of fused-ring (bicyclic) bond motifs is 5. The molecule has 16 nitrogen and oxygen atoms in total. The van der Waals surface area contributed by atoms with Crippen molar-refractivity contribution in [3.05, 3.63) is 90.0 Å². The predicted molar refractivity (Wildman–Crippen MR) is 227 cm³/mol. The van der Waals surface area contributed by atoms with E-state index in [1.807, 2.05) is 0 Å². The van der Waals surface area contributed by atoms with Gasteiger partial charge in [0.25, 0.3) is 11.8 Å². The number of ketones is 2. The number of rotatable bonds is 15. The summed E-state index contributed by atoms with van der Waals surface area (Å²) in [5.74, 6) is -6.14. The zero-order valence-electron chi connectivity index (χ0n) is 36.2. The van der Waals surface area contributed by atoms with Crippen LogP contribution in [-0.4, -0.2) is 111 Å². The Hall–Kier alpha value is -5.95. The molecule has 18 heteroatoms. The zero-order chi connectivity index (χ0) is 47.2. The molecule has 0 spiro atoms. The lowest BCUT2D eigenvalue weighted by Crippen LogP contribution is -2.68. The summed E-state index contributed by atoms with van der Waals surface area (Å²) in [7, 11) is 0. The number of alkyl halides is 2. The number of carbonyl (C=O) groups excluding carboxylic acids is 7. The zero-order valence-corrected chi connectivity index (χ0v) is 36.2. The van der Waals surface area contributed by atoms with Gasteiger partial charge in [-0.1, -0.05) is 31.2 Å². The number of allylic oxidation sites excluding steroid dienone is 4. The van der Waals surface area contributed by atoms with E-state index in [1.54, 1.807) is 37.3 Å². The number of aliphatic hydroxyl groups is 3. The molecule has 65 heavy (non-hydrogen) atoms. The van der Waals surface area contributed by atoms with Crippen molar-refractivity contribution in [2.75, 3.05) is 18.5 Å². The van der Waals surface area contributed by atoms with Crippen LogP contribution >= 0.6 is 0 Å². The molecular weight excluding hydrogens is 851 g/mol. The first kappa shape index (κ1) is 47.0. The van der Waals surface area contributed by atoms with Crippen molar-refractivity contribution in [1.29, 1.82) is 0 Å². The molecule has 346 valence electrons. The summed E-state index contributed by atoms with van der Waals surface area (Å²) in [6, 6.07) is 10.5. The number of imide groups is 1. The Morgan fingerprint density at radius 2 is 1.58 bits per heavy atom. The number of hydrogen-bond acceptors (Lipinski definition) is 12. The van der Waals surface area contributed by atoms with Crippen LogP contribution in [0.5, 0.6) is 11.5 Å². The second kappa shape index (κ2) is 18.1. The van der Waals surface area contributed by atoms with E-state index in [-0.39, 0.29) is 43.4 Å². The standard InChI is InChI=1S/C47H52F2N4O12/c1-24(50-38(58)15-17-53-39(59)12-13-40(53)60)42(61)51-25(2)43(62)52-27-6-5-7-30(18-27)64-29-10-8-26(9-11-29)44(63)65-36-21-31-32-20-34(48)33-19-28(55)14-16-46(33,4)47(32,49)37(57)22-45(31,3)41(36)35(56)23-54/h5-14,16,18-19,24-25,31-32,34,36-37,41,44,54,57,63H,15,17,20-23H2,1-4H3,(H,50,58)(H,51,61)(H,52,62)/t24-,25-,31?,32-,34-,36+,37-,41-,44-,45-,46-,47-/m0/s1. The van der Waals surface area contributed by atoms with Gasteiger partial charge in [-0.2, -0.15) is 0 Å². The van der Waals surface area contributed by atoms with Crippen LogP contribution in [0.3, 0.4) is 0 Å². The average molecular weight is 903 g/mol. The molecule has 7 rings (SSSR count). The number of anilines is 1. The molecule has 1 aliphatic heterocycles. The molecule has 1 unspecified atom stereocenters. The lowest BCUT2D eigenvalue weighted by Gasteiger charge is -2.62. The molecule has 0 aromatic heterocycles. The monoisotopic (exact) mass is 902 g/mol. The number of nitrogens with zero attached hydrogens (tertiary/aromatic N) is 1. The Bertz CT molecular complexity index is 2350. The molecule has 3 saturated carbocycles. The minimum Gasteiger partial charge on any atom is -0.457 e. The highest BCUT2D eigenvalue weighted by Gasteiger charge is 2.73. The van der Waals surface area contributed by atoms with Gasteiger partial charge in [0.05, 0.1) is 18.1 Å². The predicted octanol–water partition coefficient (Wildman–Crippen LogP) is 3.22. The molecule has 5 aliphatic rings. The van der Waals surface area contributed by atoms with Gasteiger partial charge in [-0.05, 0) is 93.4 Å². The maximum Gasteiger partial charge on any atom is 0.253 e. The quantitative estimate of drug-likeness (QED) is 0.112. The first-order valence-electron chi connectivity index (χ1n) is 21.5. The molecule has 6 N–H and O–H groups in total. The largest absolute Gasteiger partial charge is 0.457 e. The summed E-state index contributed by atoms with van der Waals surface area (Å²) < 4.78 is 45.7. The van der Waals surface area contributed by atoms with Gasteiger partial charge >= 0.3 is 0 Å². The highest BCUT2D eigenvalue weighted by Crippen LogP contribution is 2.69. The molecule has 2 aromatic rings. The molecule has 12 atom stereocenters. The number of aliphatic hydroxyl groups excluding tert-OH is 3. The number of ether oxygens (including phenoxy) is 2. The minimum atomic E-state index is -2.39. The fourth-order valence-electron chi connectivity index (χ4n) is 10.6. The molecular formula is C47H52F2N4O12. The van der Waals surface area contributed by atoms with Gasteiger partial charge in [-0.15, -0.1) is 0 Å². The van der Waals surface area contributed by atoms with E-state index in [0.717, 1.165) is 23.1 Å². The first-order chi connectivity index (χ1) is 30.7. The van der Waals surface area contributed by atoms with Gasteiger partial charge in [-0.3, -0.25) is 38.5 Å². The number of benzene rings is 2. The smallest absolute Gasteiger partial charge is 0.253 e. The van der Waals surface area contributed by atoms with Crippen LogP contribution in [0.2, 0.25) is 0 Å². The molecule has 5 amide bonds. The second-order valence-corrected chi connectivity index (χ2v) is 17.9. The molecule has 3 fully saturated rings. The Balaban J connectivity index is 0.948. The molecule has 0 bridgehead atoms. The van der Waals surface area contributed by atoms with Gasteiger partial charge in [0.1, 0.15) is 36.4 Å². The Morgan fingerprint density at radius 1 is 0.908 bits per heavy atom. The van der Waals surface area contributed by atoms with E-state index in [0.29, 0.717) is 17.2 Å². The summed E-state index contributed by atoms with van der Waals surface area (Å²) in [5.41, 5.74) is -4.57.